The van der Waals surface area contributed by atoms with Gasteiger partial charge in [0.2, 0.25) is 5.91 Å². The number of aryl methyl sites for hydroxylation is 2. The Morgan fingerprint density at radius 3 is 2.69 bits per heavy atom. The van der Waals surface area contributed by atoms with E-state index in [4.69, 9.17) is 4.98 Å². The van der Waals surface area contributed by atoms with Crippen molar-refractivity contribution in [3.05, 3.63) is 65.9 Å². The molecule has 6 nitrogen and oxygen atoms in total. The first-order valence-corrected chi connectivity index (χ1v) is 11.7. The van der Waals surface area contributed by atoms with Gasteiger partial charge in [-0.25, -0.2) is 4.98 Å². The standard InChI is InChI=1S/C25H25N5OS/c1-16-5-11-21-22(14-16)32-25(27-21)18-7-9-20(10-8-18)26-24(31)19-4-3-13-30(15-19)23-12-6-17(2)28-29-23/h5-12,14,19H,3-4,13,15H2,1-2H3,(H,26,31). The highest BCUT2D eigenvalue weighted by atomic mass is 32.1. The molecule has 1 atom stereocenters. The van der Waals surface area contributed by atoms with Gasteiger partial charge < -0.3 is 10.2 Å². The fraction of sp³-hybridized carbons (Fsp3) is 0.280. The van der Waals surface area contributed by atoms with Gasteiger partial charge in [0.25, 0.3) is 0 Å². The Balaban J connectivity index is 1.25. The molecule has 32 heavy (non-hydrogen) atoms. The highest BCUT2D eigenvalue weighted by Gasteiger charge is 2.26. The van der Waals surface area contributed by atoms with E-state index in [9.17, 15) is 4.79 Å². The number of nitrogens with zero attached hydrogens (tertiary/aromatic N) is 4. The molecular formula is C25H25N5OS. The third kappa shape index (κ3) is 4.34. The fourth-order valence-electron chi connectivity index (χ4n) is 4.06. The number of fused-ring (bicyclic) bond motifs is 1. The van der Waals surface area contributed by atoms with Gasteiger partial charge in [-0.05, 0) is 80.8 Å². The van der Waals surface area contributed by atoms with Crippen LogP contribution in [-0.4, -0.2) is 34.2 Å². The van der Waals surface area contributed by atoms with Crippen LogP contribution in [0.25, 0.3) is 20.8 Å². The summed E-state index contributed by atoms with van der Waals surface area (Å²) in [7, 11) is 0. The maximum atomic E-state index is 12.9. The first kappa shape index (κ1) is 20.6. The zero-order chi connectivity index (χ0) is 22.1. The van der Waals surface area contributed by atoms with Crippen LogP contribution in [0, 0.1) is 19.8 Å². The quantitative estimate of drug-likeness (QED) is 0.468. The molecule has 3 heterocycles. The van der Waals surface area contributed by atoms with Crippen LogP contribution >= 0.6 is 11.3 Å². The summed E-state index contributed by atoms with van der Waals surface area (Å²) < 4.78 is 1.19. The van der Waals surface area contributed by atoms with Gasteiger partial charge in [0.05, 0.1) is 21.8 Å². The Morgan fingerprint density at radius 2 is 1.91 bits per heavy atom. The third-order valence-electron chi connectivity index (χ3n) is 5.84. The van der Waals surface area contributed by atoms with E-state index in [2.05, 4.69) is 45.5 Å². The molecule has 0 saturated carbocycles. The summed E-state index contributed by atoms with van der Waals surface area (Å²) in [6.07, 6.45) is 1.84. The Bertz CT molecular complexity index is 1250. The molecule has 1 saturated heterocycles. The molecule has 0 radical (unpaired) electrons. The number of carbonyl (C=O) groups is 1. The van der Waals surface area contributed by atoms with Crippen molar-refractivity contribution in [3.63, 3.8) is 0 Å². The van der Waals surface area contributed by atoms with Crippen LogP contribution in [0.3, 0.4) is 0 Å². The summed E-state index contributed by atoms with van der Waals surface area (Å²) in [5.74, 6) is 0.820. The number of nitrogens with one attached hydrogen (secondary N) is 1. The van der Waals surface area contributed by atoms with Gasteiger partial charge >= 0.3 is 0 Å². The van der Waals surface area contributed by atoms with Crippen LogP contribution in [0.2, 0.25) is 0 Å². The van der Waals surface area contributed by atoms with E-state index in [0.29, 0.717) is 6.54 Å². The SMILES string of the molecule is Cc1ccc2nc(-c3ccc(NC(=O)C4CCCN(c5ccc(C)nn5)C4)cc3)sc2c1. The van der Waals surface area contributed by atoms with E-state index in [1.165, 1.54) is 10.3 Å². The van der Waals surface area contributed by atoms with Crippen LogP contribution in [0.4, 0.5) is 11.5 Å². The predicted octanol–water partition coefficient (Wildman–Crippen LogP) is 5.23. The zero-order valence-electron chi connectivity index (χ0n) is 18.2. The summed E-state index contributed by atoms with van der Waals surface area (Å²) in [5.41, 5.74) is 5.02. The number of piperidine rings is 1. The number of thiazole rings is 1. The van der Waals surface area contributed by atoms with Crippen LogP contribution in [-0.2, 0) is 4.79 Å². The lowest BCUT2D eigenvalue weighted by atomic mass is 9.97. The summed E-state index contributed by atoms with van der Waals surface area (Å²) in [6.45, 7) is 5.58. The third-order valence-corrected chi connectivity index (χ3v) is 6.91. The van der Waals surface area contributed by atoms with E-state index >= 15 is 0 Å². The van der Waals surface area contributed by atoms with Gasteiger partial charge in [0.1, 0.15) is 5.01 Å². The Labute approximate surface area is 191 Å². The molecular weight excluding hydrogens is 418 g/mol. The minimum absolute atomic E-state index is 0.0537. The second-order valence-corrected chi connectivity index (χ2v) is 9.41. The van der Waals surface area contributed by atoms with Crippen molar-refractivity contribution in [1.29, 1.82) is 0 Å². The van der Waals surface area contributed by atoms with Gasteiger partial charge in [-0.1, -0.05) is 6.07 Å². The van der Waals surface area contributed by atoms with Gasteiger partial charge in [-0.15, -0.1) is 16.4 Å². The van der Waals surface area contributed by atoms with Crippen molar-refractivity contribution in [2.45, 2.75) is 26.7 Å². The Kier molecular flexibility index (Phi) is 5.57. The molecule has 0 aliphatic carbocycles. The average molecular weight is 444 g/mol. The normalized spacial score (nSPS) is 16.3. The van der Waals surface area contributed by atoms with Crippen LogP contribution < -0.4 is 10.2 Å². The van der Waals surface area contributed by atoms with Crippen molar-refractivity contribution in [3.8, 4) is 10.6 Å². The second-order valence-electron chi connectivity index (χ2n) is 8.37. The molecule has 1 aliphatic rings. The molecule has 1 N–H and O–H groups in total. The van der Waals surface area contributed by atoms with Gasteiger partial charge in [0.15, 0.2) is 5.82 Å². The molecule has 4 aromatic rings. The molecule has 0 bridgehead atoms. The van der Waals surface area contributed by atoms with Crippen molar-refractivity contribution < 1.29 is 4.79 Å². The number of amides is 1. The predicted molar refractivity (Wildman–Crippen MR) is 130 cm³/mol. The number of rotatable bonds is 4. The maximum absolute atomic E-state index is 12.9. The lowest BCUT2D eigenvalue weighted by Gasteiger charge is -2.32. The first-order chi connectivity index (χ1) is 15.5. The zero-order valence-corrected chi connectivity index (χ0v) is 19.0. The van der Waals surface area contributed by atoms with E-state index in [0.717, 1.165) is 52.7 Å². The highest BCUT2D eigenvalue weighted by Crippen LogP contribution is 2.31. The van der Waals surface area contributed by atoms with Crippen LogP contribution in [0.5, 0.6) is 0 Å². The monoisotopic (exact) mass is 443 g/mol. The number of hydrogen-bond donors (Lipinski definition) is 1. The molecule has 162 valence electrons. The number of aromatic nitrogens is 3. The van der Waals surface area contributed by atoms with Crippen LogP contribution in [0.15, 0.2) is 54.6 Å². The van der Waals surface area contributed by atoms with E-state index in [1.807, 2.05) is 43.3 Å². The largest absolute Gasteiger partial charge is 0.354 e. The highest BCUT2D eigenvalue weighted by molar-refractivity contribution is 7.21. The Morgan fingerprint density at radius 1 is 1.06 bits per heavy atom. The van der Waals surface area contributed by atoms with Gasteiger partial charge in [-0.2, -0.15) is 5.10 Å². The number of hydrogen-bond acceptors (Lipinski definition) is 6. The smallest absolute Gasteiger partial charge is 0.229 e. The van der Waals surface area contributed by atoms with Gasteiger partial charge in [-0.3, -0.25) is 4.79 Å². The van der Waals surface area contributed by atoms with E-state index in [1.54, 1.807) is 11.3 Å². The maximum Gasteiger partial charge on any atom is 0.229 e. The van der Waals surface area contributed by atoms with Crippen molar-refractivity contribution >= 4 is 39.0 Å². The summed E-state index contributed by atoms with van der Waals surface area (Å²) in [4.78, 5) is 19.8. The summed E-state index contributed by atoms with van der Waals surface area (Å²) in [5, 5.41) is 12.5. The number of benzene rings is 2. The summed E-state index contributed by atoms with van der Waals surface area (Å²) in [6, 6.07) is 18.2. The minimum Gasteiger partial charge on any atom is -0.354 e. The topological polar surface area (TPSA) is 71.0 Å². The number of anilines is 2. The fourth-order valence-corrected chi connectivity index (χ4v) is 5.12. The molecule has 2 aromatic heterocycles. The van der Waals surface area contributed by atoms with Gasteiger partial charge in [0, 0.05) is 24.3 Å². The first-order valence-electron chi connectivity index (χ1n) is 10.9. The second kappa shape index (κ2) is 8.67. The number of carbonyl (C=O) groups excluding carboxylic acids is 1. The molecule has 1 unspecified atom stereocenters. The van der Waals surface area contributed by atoms with Crippen molar-refractivity contribution in [2.24, 2.45) is 5.92 Å². The summed E-state index contributed by atoms with van der Waals surface area (Å²) >= 11 is 1.69. The van der Waals surface area contributed by atoms with Crippen LogP contribution in [0.1, 0.15) is 24.1 Å². The van der Waals surface area contributed by atoms with E-state index < -0.39 is 0 Å². The molecule has 2 aromatic carbocycles. The Hall–Kier alpha value is -3.32. The minimum atomic E-state index is -0.0703. The van der Waals surface area contributed by atoms with Crippen molar-refractivity contribution in [1.82, 2.24) is 15.2 Å². The van der Waals surface area contributed by atoms with Crippen molar-refractivity contribution in [2.75, 3.05) is 23.3 Å². The average Bonchev–Trinajstić information content (AvgIpc) is 3.23. The lowest BCUT2D eigenvalue weighted by Crippen LogP contribution is -2.41. The molecule has 7 heteroatoms. The molecule has 1 fully saturated rings. The molecule has 1 amide bonds. The van der Waals surface area contributed by atoms with E-state index in [-0.39, 0.29) is 11.8 Å². The lowest BCUT2D eigenvalue weighted by molar-refractivity contribution is -0.120. The molecule has 1 aliphatic heterocycles. The molecule has 5 rings (SSSR count). The molecule has 0 spiro atoms.